The number of carbonyl (C=O) groups excluding carboxylic acids is 1. The van der Waals surface area contributed by atoms with Crippen LogP contribution in [0.1, 0.15) is 43.7 Å². The molecule has 7 nitrogen and oxygen atoms in total. The molecule has 8 heteroatoms. The number of amides is 1. The molecule has 3 fully saturated rings. The second kappa shape index (κ2) is 11.8. The van der Waals surface area contributed by atoms with Crippen molar-refractivity contribution < 1.29 is 28.1 Å². The molecule has 3 aliphatic rings. The zero-order valence-electron chi connectivity index (χ0n) is 21.6. The van der Waals surface area contributed by atoms with E-state index in [1.54, 1.807) is 12.1 Å². The van der Waals surface area contributed by atoms with E-state index in [2.05, 4.69) is 11.8 Å². The standard InChI is InChI=1S/C29H37FN2O5/c1-2-17-34-25-9-5-23(6-10-25)21-32-26(20-22-3-7-24(30)8-4-22)29(37-28(32)33)12-15-31(16-13-29)14-11-27-35-18-19-36-27/h3-10,26-27H,2,11-21H2,1H3. The van der Waals surface area contributed by atoms with Gasteiger partial charge in [0.15, 0.2) is 6.29 Å². The predicted molar refractivity (Wildman–Crippen MR) is 137 cm³/mol. The molecule has 0 saturated carbocycles. The number of benzene rings is 2. The van der Waals surface area contributed by atoms with E-state index in [1.807, 2.05) is 29.2 Å². The Bertz CT molecular complexity index is 1020. The molecule has 2 aromatic rings. The summed E-state index contributed by atoms with van der Waals surface area (Å²) in [5.41, 5.74) is 1.46. The SMILES string of the molecule is CCCOc1ccc(CN2C(=O)OC3(CCN(CCC4OCCO4)CC3)C2Cc2ccc(F)cc2)cc1. The van der Waals surface area contributed by atoms with Gasteiger partial charge in [-0.25, -0.2) is 9.18 Å². The summed E-state index contributed by atoms with van der Waals surface area (Å²) in [4.78, 5) is 17.5. The summed E-state index contributed by atoms with van der Waals surface area (Å²) in [5.74, 6) is 0.567. The topological polar surface area (TPSA) is 60.5 Å². The van der Waals surface area contributed by atoms with Crippen LogP contribution in [0.3, 0.4) is 0 Å². The smallest absolute Gasteiger partial charge is 0.411 e. The Morgan fingerprint density at radius 2 is 1.68 bits per heavy atom. The van der Waals surface area contributed by atoms with Gasteiger partial charge in [0.05, 0.1) is 25.9 Å². The van der Waals surface area contributed by atoms with Gasteiger partial charge in [0.1, 0.15) is 17.2 Å². The summed E-state index contributed by atoms with van der Waals surface area (Å²) < 4.78 is 36.7. The minimum atomic E-state index is -0.563. The van der Waals surface area contributed by atoms with Crippen molar-refractivity contribution in [2.45, 2.75) is 63.5 Å². The van der Waals surface area contributed by atoms with E-state index in [0.717, 1.165) is 62.2 Å². The molecule has 3 aliphatic heterocycles. The fourth-order valence-electron chi connectivity index (χ4n) is 5.59. The van der Waals surface area contributed by atoms with Crippen molar-refractivity contribution in [1.29, 1.82) is 0 Å². The second-order valence-electron chi connectivity index (χ2n) is 10.2. The first-order chi connectivity index (χ1) is 18.0. The molecule has 5 rings (SSSR count). The molecule has 0 radical (unpaired) electrons. The van der Waals surface area contributed by atoms with E-state index in [1.165, 1.54) is 12.1 Å². The van der Waals surface area contributed by atoms with E-state index >= 15 is 0 Å². The molecule has 1 spiro atoms. The third-order valence-corrected chi connectivity index (χ3v) is 7.67. The van der Waals surface area contributed by atoms with Crippen molar-refractivity contribution in [3.63, 3.8) is 0 Å². The molecule has 1 amide bonds. The van der Waals surface area contributed by atoms with Crippen LogP contribution < -0.4 is 4.74 Å². The van der Waals surface area contributed by atoms with E-state index in [-0.39, 0.29) is 24.2 Å². The third-order valence-electron chi connectivity index (χ3n) is 7.67. The number of nitrogens with zero attached hydrogens (tertiary/aromatic N) is 2. The van der Waals surface area contributed by atoms with Gasteiger partial charge in [-0.05, 0) is 48.2 Å². The number of hydrogen-bond acceptors (Lipinski definition) is 6. The number of halogens is 1. The number of ether oxygens (including phenoxy) is 4. The fourth-order valence-corrected chi connectivity index (χ4v) is 5.59. The molecule has 2 aromatic carbocycles. The van der Waals surface area contributed by atoms with Crippen molar-refractivity contribution in [1.82, 2.24) is 9.80 Å². The van der Waals surface area contributed by atoms with Gasteiger partial charge in [0.25, 0.3) is 0 Å². The summed E-state index contributed by atoms with van der Waals surface area (Å²) in [6.07, 6.45) is 3.55. The van der Waals surface area contributed by atoms with Crippen molar-refractivity contribution in [3.8, 4) is 5.75 Å². The van der Waals surface area contributed by atoms with Gasteiger partial charge in [-0.3, -0.25) is 4.90 Å². The van der Waals surface area contributed by atoms with Crippen molar-refractivity contribution in [2.75, 3.05) is 39.5 Å². The molecule has 1 atom stereocenters. The van der Waals surface area contributed by atoms with Crippen molar-refractivity contribution in [2.24, 2.45) is 0 Å². The number of hydrogen-bond donors (Lipinski definition) is 0. The molecular formula is C29H37FN2O5. The highest BCUT2D eigenvalue weighted by Gasteiger charge is 2.54. The normalized spacial score (nSPS) is 22.1. The van der Waals surface area contributed by atoms with Crippen LogP contribution in [-0.4, -0.2) is 73.3 Å². The average molecular weight is 513 g/mol. The lowest BCUT2D eigenvalue weighted by Crippen LogP contribution is -2.53. The maximum atomic E-state index is 13.6. The highest BCUT2D eigenvalue weighted by atomic mass is 19.1. The van der Waals surface area contributed by atoms with Gasteiger partial charge in [-0.1, -0.05) is 31.2 Å². The monoisotopic (exact) mass is 512 g/mol. The Labute approximate surface area is 218 Å². The Hall–Kier alpha value is -2.68. The molecule has 0 bridgehead atoms. The average Bonchev–Trinajstić information content (AvgIpc) is 3.52. The van der Waals surface area contributed by atoms with E-state index in [0.29, 0.717) is 32.8 Å². The summed E-state index contributed by atoms with van der Waals surface area (Å²) >= 11 is 0. The Morgan fingerprint density at radius 3 is 2.35 bits per heavy atom. The Kier molecular flexibility index (Phi) is 8.27. The van der Waals surface area contributed by atoms with Gasteiger partial charge in [-0.15, -0.1) is 0 Å². The predicted octanol–water partition coefficient (Wildman–Crippen LogP) is 4.78. The van der Waals surface area contributed by atoms with Crippen LogP contribution in [0.4, 0.5) is 9.18 Å². The van der Waals surface area contributed by atoms with Crippen molar-refractivity contribution >= 4 is 6.09 Å². The van der Waals surface area contributed by atoms with Crippen LogP contribution in [0.5, 0.6) is 5.75 Å². The fraction of sp³-hybridized carbons (Fsp3) is 0.552. The quantitative estimate of drug-likeness (QED) is 0.457. The molecule has 1 unspecified atom stereocenters. The number of piperidine rings is 1. The van der Waals surface area contributed by atoms with E-state index < -0.39 is 5.60 Å². The molecule has 0 aliphatic carbocycles. The molecule has 0 aromatic heterocycles. The third kappa shape index (κ3) is 6.25. The van der Waals surface area contributed by atoms with E-state index in [9.17, 15) is 9.18 Å². The molecular weight excluding hydrogens is 475 g/mol. The summed E-state index contributed by atoms with van der Waals surface area (Å²) in [6, 6.07) is 14.4. The van der Waals surface area contributed by atoms with Gasteiger partial charge in [0, 0.05) is 45.4 Å². The van der Waals surface area contributed by atoms with Crippen LogP contribution in [0.25, 0.3) is 0 Å². The summed E-state index contributed by atoms with van der Waals surface area (Å²) in [7, 11) is 0. The first-order valence-corrected chi connectivity index (χ1v) is 13.5. The number of rotatable bonds is 10. The van der Waals surface area contributed by atoms with Crippen LogP contribution in [-0.2, 0) is 27.2 Å². The molecule has 3 heterocycles. The molecule has 0 N–H and O–H groups in total. The Balaban J connectivity index is 1.29. The van der Waals surface area contributed by atoms with Gasteiger partial charge in [0.2, 0.25) is 0 Å². The van der Waals surface area contributed by atoms with Gasteiger partial charge >= 0.3 is 6.09 Å². The van der Waals surface area contributed by atoms with E-state index in [4.69, 9.17) is 18.9 Å². The second-order valence-corrected chi connectivity index (χ2v) is 10.2. The zero-order valence-corrected chi connectivity index (χ0v) is 21.6. The lowest BCUT2D eigenvalue weighted by molar-refractivity contribution is -0.0601. The summed E-state index contributed by atoms with van der Waals surface area (Å²) in [6.45, 7) is 7.13. The van der Waals surface area contributed by atoms with Crippen LogP contribution in [0, 0.1) is 5.82 Å². The molecule has 37 heavy (non-hydrogen) atoms. The van der Waals surface area contributed by atoms with Crippen molar-refractivity contribution in [3.05, 3.63) is 65.5 Å². The van der Waals surface area contributed by atoms with Gasteiger partial charge < -0.3 is 23.8 Å². The highest BCUT2D eigenvalue weighted by Crippen LogP contribution is 2.41. The first-order valence-electron chi connectivity index (χ1n) is 13.5. The number of carbonyl (C=O) groups is 1. The maximum absolute atomic E-state index is 13.6. The first kappa shape index (κ1) is 25.9. The molecule has 200 valence electrons. The minimum absolute atomic E-state index is 0.110. The Morgan fingerprint density at radius 1 is 1.00 bits per heavy atom. The zero-order chi connectivity index (χ0) is 25.7. The van der Waals surface area contributed by atoms with Crippen LogP contribution >= 0.6 is 0 Å². The lowest BCUT2D eigenvalue weighted by Gasteiger charge is -2.42. The van der Waals surface area contributed by atoms with Crippen LogP contribution in [0.2, 0.25) is 0 Å². The minimum Gasteiger partial charge on any atom is -0.494 e. The van der Waals surface area contributed by atoms with Gasteiger partial charge in [-0.2, -0.15) is 0 Å². The lowest BCUT2D eigenvalue weighted by atomic mass is 9.81. The summed E-state index contributed by atoms with van der Waals surface area (Å²) in [5, 5.41) is 0. The molecule has 3 saturated heterocycles. The van der Waals surface area contributed by atoms with Crippen LogP contribution in [0.15, 0.2) is 48.5 Å². The highest BCUT2D eigenvalue weighted by molar-refractivity contribution is 5.72. The number of likely N-dealkylation sites (tertiary alicyclic amines) is 1. The maximum Gasteiger partial charge on any atom is 0.411 e. The largest absolute Gasteiger partial charge is 0.494 e.